The first-order valence-electron chi connectivity index (χ1n) is 8.26. The standard InChI is InChI=1S/C19H20N2O2S/c1-2-15-11-21(12-16-17(23-15)6-7-18(22)20-16)10-14-5-3-4-13-8-9-24-19(13)14/h3-9,15H,2,10-12H2,1H3,(H,20,22)/t15-/m1/s1. The van der Waals surface area contributed by atoms with Crippen molar-refractivity contribution >= 4 is 21.4 Å². The SMILES string of the molecule is CC[C@@H]1CN(Cc2cccc3ccsc23)Cc2nc(O)ccc2O1. The zero-order valence-electron chi connectivity index (χ0n) is 13.6. The maximum atomic E-state index is 9.71. The van der Waals surface area contributed by atoms with Gasteiger partial charge in [0, 0.05) is 30.4 Å². The Balaban J connectivity index is 1.65. The van der Waals surface area contributed by atoms with Crippen molar-refractivity contribution in [1.29, 1.82) is 0 Å². The Morgan fingerprint density at radius 1 is 1.29 bits per heavy atom. The number of aromatic nitrogens is 1. The zero-order valence-corrected chi connectivity index (χ0v) is 14.4. The Morgan fingerprint density at radius 3 is 3.08 bits per heavy atom. The van der Waals surface area contributed by atoms with Gasteiger partial charge in [-0.15, -0.1) is 11.3 Å². The highest BCUT2D eigenvalue weighted by atomic mass is 32.1. The Bertz CT molecular complexity index is 861. The number of rotatable bonds is 3. The fourth-order valence-electron chi connectivity index (χ4n) is 3.23. The van der Waals surface area contributed by atoms with Crippen LogP contribution >= 0.6 is 11.3 Å². The monoisotopic (exact) mass is 340 g/mol. The van der Waals surface area contributed by atoms with Crippen molar-refractivity contribution in [3.8, 4) is 11.6 Å². The van der Waals surface area contributed by atoms with Crippen molar-refractivity contribution in [3.63, 3.8) is 0 Å². The summed E-state index contributed by atoms with van der Waals surface area (Å²) in [6.07, 6.45) is 1.08. The molecular weight excluding hydrogens is 320 g/mol. The van der Waals surface area contributed by atoms with Crippen molar-refractivity contribution in [2.24, 2.45) is 0 Å². The number of fused-ring (bicyclic) bond motifs is 2. The van der Waals surface area contributed by atoms with E-state index in [0.717, 1.165) is 31.0 Å². The summed E-state index contributed by atoms with van der Waals surface area (Å²) >= 11 is 1.79. The van der Waals surface area contributed by atoms with Crippen molar-refractivity contribution in [1.82, 2.24) is 9.88 Å². The second kappa shape index (κ2) is 6.42. The van der Waals surface area contributed by atoms with Gasteiger partial charge in [0.2, 0.25) is 5.88 Å². The molecule has 1 atom stereocenters. The smallest absolute Gasteiger partial charge is 0.211 e. The van der Waals surface area contributed by atoms with E-state index in [1.807, 2.05) is 6.07 Å². The second-order valence-corrected chi connectivity index (χ2v) is 7.10. The zero-order chi connectivity index (χ0) is 16.5. The minimum atomic E-state index is 0.0487. The average molecular weight is 340 g/mol. The lowest BCUT2D eigenvalue weighted by Gasteiger charge is -2.23. The minimum absolute atomic E-state index is 0.0487. The van der Waals surface area contributed by atoms with Gasteiger partial charge in [0.1, 0.15) is 17.5 Å². The molecule has 0 unspecified atom stereocenters. The molecule has 2 aromatic heterocycles. The normalized spacial score (nSPS) is 18.1. The van der Waals surface area contributed by atoms with E-state index in [2.05, 4.69) is 46.5 Å². The Morgan fingerprint density at radius 2 is 2.21 bits per heavy atom. The largest absolute Gasteiger partial charge is 0.493 e. The number of pyridine rings is 1. The van der Waals surface area contributed by atoms with E-state index < -0.39 is 0 Å². The van der Waals surface area contributed by atoms with Crippen LogP contribution in [0.4, 0.5) is 0 Å². The van der Waals surface area contributed by atoms with Crippen LogP contribution in [0.5, 0.6) is 11.6 Å². The van der Waals surface area contributed by atoms with Gasteiger partial charge in [-0.3, -0.25) is 4.90 Å². The van der Waals surface area contributed by atoms with E-state index in [1.54, 1.807) is 17.4 Å². The maximum Gasteiger partial charge on any atom is 0.211 e. The summed E-state index contributed by atoms with van der Waals surface area (Å²) in [5, 5.41) is 13.1. The second-order valence-electron chi connectivity index (χ2n) is 6.19. The Kier molecular flexibility index (Phi) is 4.12. The van der Waals surface area contributed by atoms with Gasteiger partial charge in [0.05, 0.1) is 0 Å². The van der Waals surface area contributed by atoms with E-state index in [9.17, 15) is 5.11 Å². The quantitative estimate of drug-likeness (QED) is 0.777. The van der Waals surface area contributed by atoms with Gasteiger partial charge in [-0.25, -0.2) is 4.98 Å². The third-order valence-electron chi connectivity index (χ3n) is 4.46. The summed E-state index contributed by atoms with van der Waals surface area (Å²) in [5.41, 5.74) is 2.14. The number of hydrogen-bond acceptors (Lipinski definition) is 5. The van der Waals surface area contributed by atoms with E-state index >= 15 is 0 Å². The molecule has 0 fully saturated rings. The Labute approximate surface area is 145 Å². The average Bonchev–Trinajstić information content (AvgIpc) is 2.99. The first-order valence-corrected chi connectivity index (χ1v) is 9.14. The van der Waals surface area contributed by atoms with Gasteiger partial charge in [0.25, 0.3) is 0 Å². The van der Waals surface area contributed by atoms with Crippen LogP contribution in [0, 0.1) is 0 Å². The van der Waals surface area contributed by atoms with E-state index in [-0.39, 0.29) is 12.0 Å². The first kappa shape index (κ1) is 15.4. The molecule has 0 bridgehead atoms. The lowest BCUT2D eigenvalue weighted by Crippen LogP contribution is -2.32. The fraction of sp³-hybridized carbons (Fsp3) is 0.316. The molecule has 0 spiro atoms. The number of ether oxygens (including phenoxy) is 1. The molecule has 0 saturated carbocycles. The summed E-state index contributed by atoms with van der Waals surface area (Å²) < 4.78 is 7.44. The van der Waals surface area contributed by atoms with Gasteiger partial charge >= 0.3 is 0 Å². The van der Waals surface area contributed by atoms with Crippen LogP contribution in [0.2, 0.25) is 0 Å². The van der Waals surface area contributed by atoms with Gasteiger partial charge in [-0.1, -0.05) is 25.1 Å². The molecule has 3 aromatic rings. The molecule has 24 heavy (non-hydrogen) atoms. The van der Waals surface area contributed by atoms with Crippen molar-refractivity contribution in [2.45, 2.75) is 32.5 Å². The highest BCUT2D eigenvalue weighted by Gasteiger charge is 2.23. The molecule has 5 heteroatoms. The fourth-order valence-corrected chi connectivity index (χ4v) is 4.14. The Hall–Kier alpha value is -2.11. The van der Waals surface area contributed by atoms with Crippen LogP contribution < -0.4 is 4.74 Å². The van der Waals surface area contributed by atoms with E-state index in [4.69, 9.17) is 4.74 Å². The van der Waals surface area contributed by atoms with E-state index in [0.29, 0.717) is 6.54 Å². The summed E-state index contributed by atoms with van der Waals surface area (Å²) in [6, 6.07) is 12.1. The summed E-state index contributed by atoms with van der Waals surface area (Å²) in [5.74, 6) is 0.837. The molecule has 1 aromatic carbocycles. The lowest BCUT2D eigenvalue weighted by molar-refractivity contribution is 0.139. The number of thiophene rings is 1. The molecule has 1 aliphatic rings. The summed E-state index contributed by atoms with van der Waals surface area (Å²) in [4.78, 5) is 6.64. The third kappa shape index (κ3) is 2.97. The lowest BCUT2D eigenvalue weighted by atomic mass is 10.1. The number of nitrogens with zero attached hydrogens (tertiary/aromatic N) is 2. The van der Waals surface area contributed by atoms with Crippen LogP contribution in [0.25, 0.3) is 10.1 Å². The number of aromatic hydroxyl groups is 1. The maximum absolute atomic E-state index is 9.71. The van der Waals surface area contributed by atoms with Gasteiger partial charge in [-0.2, -0.15) is 0 Å². The third-order valence-corrected chi connectivity index (χ3v) is 5.46. The molecule has 3 heterocycles. The molecule has 0 aliphatic carbocycles. The first-order chi connectivity index (χ1) is 11.7. The molecule has 1 N–H and O–H groups in total. The van der Waals surface area contributed by atoms with Gasteiger partial charge in [-0.05, 0) is 34.9 Å². The molecule has 1 aliphatic heterocycles. The summed E-state index contributed by atoms with van der Waals surface area (Å²) in [7, 11) is 0. The van der Waals surface area contributed by atoms with Crippen LogP contribution in [-0.4, -0.2) is 27.6 Å². The highest BCUT2D eigenvalue weighted by Crippen LogP contribution is 2.30. The topological polar surface area (TPSA) is 45.6 Å². The molecule has 0 amide bonds. The van der Waals surface area contributed by atoms with Crippen LogP contribution in [0.3, 0.4) is 0 Å². The molecule has 4 rings (SSSR count). The minimum Gasteiger partial charge on any atom is -0.493 e. The van der Waals surface area contributed by atoms with Crippen LogP contribution in [0.15, 0.2) is 41.8 Å². The number of hydrogen-bond donors (Lipinski definition) is 1. The summed E-state index contributed by atoms with van der Waals surface area (Å²) in [6.45, 7) is 4.54. The van der Waals surface area contributed by atoms with Crippen molar-refractivity contribution < 1.29 is 9.84 Å². The predicted molar refractivity (Wildman–Crippen MR) is 96.5 cm³/mol. The number of benzene rings is 1. The van der Waals surface area contributed by atoms with E-state index in [1.165, 1.54) is 15.6 Å². The molecule has 0 saturated heterocycles. The highest BCUT2D eigenvalue weighted by molar-refractivity contribution is 7.17. The molecule has 124 valence electrons. The van der Waals surface area contributed by atoms with Gasteiger partial charge in [0.15, 0.2) is 0 Å². The van der Waals surface area contributed by atoms with Crippen molar-refractivity contribution in [2.75, 3.05) is 6.54 Å². The molecule has 4 nitrogen and oxygen atoms in total. The van der Waals surface area contributed by atoms with Crippen LogP contribution in [0.1, 0.15) is 24.6 Å². The van der Waals surface area contributed by atoms with Crippen LogP contribution in [-0.2, 0) is 13.1 Å². The predicted octanol–water partition coefficient (Wildman–Crippen LogP) is 4.18. The molecule has 0 radical (unpaired) electrons. The van der Waals surface area contributed by atoms with Crippen molar-refractivity contribution in [3.05, 3.63) is 53.0 Å². The molecular formula is C19H20N2O2S. The van der Waals surface area contributed by atoms with Gasteiger partial charge < -0.3 is 9.84 Å².